The van der Waals surface area contributed by atoms with Crippen molar-refractivity contribution < 1.29 is 4.79 Å². The summed E-state index contributed by atoms with van der Waals surface area (Å²) in [6.45, 7) is 7.27. The highest BCUT2D eigenvalue weighted by Gasteiger charge is 2.08. The van der Waals surface area contributed by atoms with Crippen molar-refractivity contribution in [3.63, 3.8) is 0 Å². The Morgan fingerprint density at radius 2 is 1.81 bits per heavy atom. The van der Waals surface area contributed by atoms with E-state index in [1.54, 1.807) is 7.05 Å². The second-order valence-corrected chi connectivity index (χ2v) is 6.59. The molecule has 0 aliphatic carbocycles. The maximum absolute atomic E-state index is 12.1. The molecule has 0 spiro atoms. The Morgan fingerprint density at radius 3 is 2.37 bits per heavy atom. The fourth-order valence-electron chi connectivity index (χ4n) is 2.88. The van der Waals surface area contributed by atoms with Gasteiger partial charge in [-0.05, 0) is 51.1 Å². The topological polar surface area (TPSA) is 76.3 Å². The van der Waals surface area contributed by atoms with Crippen LogP contribution >= 0.6 is 0 Å². The first kappa shape index (κ1) is 20.2. The van der Waals surface area contributed by atoms with Crippen LogP contribution in [-0.4, -0.2) is 27.6 Å². The normalized spacial score (nSPS) is 11.2. The molecule has 144 valence electrons. The number of nitrogens with one attached hydrogen (secondary N) is 1. The number of carbonyl (C=O) groups is 1. The molecule has 0 bridgehead atoms. The fraction of sp³-hybridized carbons (Fsp3) is 0.350. The highest BCUT2D eigenvalue weighted by atomic mass is 16.2. The lowest BCUT2D eigenvalue weighted by Crippen LogP contribution is -2.37. The third kappa shape index (κ3) is 4.75. The second-order valence-electron chi connectivity index (χ2n) is 6.59. The Labute approximate surface area is 158 Å². The molecule has 2 rings (SSSR count). The number of benzene rings is 1. The van der Waals surface area contributed by atoms with Crippen molar-refractivity contribution >= 4 is 23.4 Å². The van der Waals surface area contributed by atoms with Crippen LogP contribution in [0.2, 0.25) is 0 Å². The summed E-state index contributed by atoms with van der Waals surface area (Å²) in [4.78, 5) is 38.1. The summed E-state index contributed by atoms with van der Waals surface area (Å²) in [5, 5.41) is 2.76. The van der Waals surface area contributed by atoms with E-state index in [9.17, 15) is 14.4 Å². The predicted octanol–water partition coefficient (Wildman–Crippen LogP) is 1.97. The van der Waals surface area contributed by atoms with E-state index >= 15 is 0 Å². The molecule has 1 aromatic carbocycles. The first-order chi connectivity index (χ1) is 12.7. The minimum absolute atomic E-state index is 0.264. The fourth-order valence-corrected chi connectivity index (χ4v) is 2.88. The van der Waals surface area contributed by atoms with E-state index in [2.05, 4.69) is 31.0 Å². The van der Waals surface area contributed by atoms with Crippen LogP contribution in [0.1, 0.15) is 26.3 Å². The standard InChI is InChI=1S/C20H26N4O3/c1-6-24(14(2)3)17-10-8-16(9-11-17)21-18(25)12-7-15-13-22(4)20(27)23(5)19(15)26/h7-14H,6H2,1-5H3,(H,21,25). The van der Waals surface area contributed by atoms with Gasteiger partial charge in [-0.15, -0.1) is 0 Å². The van der Waals surface area contributed by atoms with Gasteiger partial charge < -0.3 is 14.8 Å². The second kappa shape index (κ2) is 8.53. The maximum atomic E-state index is 12.1. The van der Waals surface area contributed by atoms with Crippen molar-refractivity contribution in [3.8, 4) is 0 Å². The van der Waals surface area contributed by atoms with Crippen molar-refractivity contribution in [1.82, 2.24) is 9.13 Å². The monoisotopic (exact) mass is 370 g/mol. The number of hydrogen-bond acceptors (Lipinski definition) is 4. The van der Waals surface area contributed by atoms with Crippen molar-refractivity contribution in [2.24, 2.45) is 14.1 Å². The first-order valence-electron chi connectivity index (χ1n) is 8.87. The third-order valence-electron chi connectivity index (χ3n) is 4.32. The van der Waals surface area contributed by atoms with E-state index in [0.29, 0.717) is 11.7 Å². The van der Waals surface area contributed by atoms with Crippen molar-refractivity contribution in [2.75, 3.05) is 16.8 Å². The minimum Gasteiger partial charge on any atom is -0.369 e. The average molecular weight is 370 g/mol. The molecule has 1 amide bonds. The molecule has 0 fully saturated rings. The molecule has 0 saturated heterocycles. The smallest absolute Gasteiger partial charge is 0.330 e. The highest BCUT2D eigenvalue weighted by molar-refractivity contribution is 6.01. The lowest BCUT2D eigenvalue weighted by Gasteiger charge is -2.27. The van der Waals surface area contributed by atoms with Gasteiger partial charge in [-0.25, -0.2) is 4.79 Å². The van der Waals surface area contributed by atoms with Gasteiger partial charge in [-0.1, -0.05) is 0 Å². The summed E-state index contributed by atoms with van der Waals surface area (Å²) in [5.41, 5.74) is 1.17. The molecule has 2 aromatic rings. The molecule has 0 saturated carbocycles. The molecule has 7 nitrogen and oxygen atoms in total. The summed E-state index contributed by atoms with van der Waals surface area (Å²) in [5.74, 6) is -0.352. The molecule has 0 atom stereocenters. The Balaban J connectivity index is 2.11. The van der Waals surface area contributed by atoms with Gasteiger partial charge in [0.1, 0.15) is 0 Å². The Hall–Kier alpha value is -3.09. The maximum Gasteiger partial charge on any atom is 0.330 e. The quantitative estimate of drug-likeness (QED) is 0.789. The zero-order valence-electron chi connectivity index (χ0n) is 16.4. The molecular formula is C20H26N4O3. The summed E-state index contributed by atoms with van der Waals surface area (Å²) in [6, 6.07) is 8.01. The van der Waals surface area contributed by atoms with E-state index in [0.717, 1.165) is 16.8 Å². The molecule has 7 heteroatoms. The van der Waals surface area contributed by atoms with Crippen molar-refractivity contribution in [3.05, 3.63) is 62.9 Å². The average Bonchev–Trinajstić information content (AvgIpc) is 2.63. The predicted molar refractivity (Wildman–Crippen MR) is 109 cm³/mol. The summed E-state index contributed by atoms with van der Waals surface area (Å²) < 4.78 is 2.30. The van der Waals surface area contributed by atoms with Crippen LogP contribution in [0.15, 0.2) is 46.1 Å². The van der Waals surface area contributed by atoms with Gasteiger partial charge in [0.2, 0.25) is 5.91 Å². The molecule has 1 heterocycles. The van der Waals surface area contributed by atoms with Gasteiger partial charge in [-0.2, -0.15) is 0 Å². The van der Waals surface area contributed by atoms with Gasteiger partial charge in [0.05, 0.1) is 5.56 Å². The Kier molecular flexibility index (Phi) is 6.39. The number of carbonyl (C=O) groups excluding carboxylic acids is 1. The summed E-state index contributed by atoms with van der Waals surface area (Å²) in [7, 11) is 2.96. The number of amides is 1. The lowest BCUT2D eigenvalue weighted by atomic mass is 10.2. The Bertz CT molecular complexity index is 953. The number of nitrogens with zero attached hydrogens (tertiary/aromatic N) is 3. The lowest BCUT2D eigenvalue weighted by molar-refractivity contribution is -0.111. The van der Waals surface area contributed by atoms with Crippen LogP contribution in [-0.2, 0) is 18.9 Å². The Morgan fingerprint density at radius 1 is 1.19 bits per heavy atom. The molecule has 1 aromatic heterocycles. The van der Waals surface area contributed by atoms with Crippen LogP contribution in [0.5, 0.6) is 0 Å². The number of anilines is 2. The number of aryl methyl sites for hydroxylation is 1. The van der Waals surface area contributed by atoms with E-state index in [1.807, 2.05) is 24.3 Å². The van der Waals surface area contributed by atoms with Crippen molar-refractivity contribution in [2.45, 2.75) is 26.8 Å². The van der Waals surface area contributed by atoms with Crippen LogP contribution < -0.4 is 21.5 Å². The number of rotatable bonds is 6. The third-order valence-corrected chi connectivity index (χ3v) is 4.32. The van der Waals surface area contributed by atoms with Crippen molar-refractivity contribution in [1.29, 1.82) is 0 Å². The van der Waals surface area contributed by atoms with E-state index in [1.165, 1.54) is 30.0 Å². The van der Waals surface area contributed by atoms with Gasteiger partial charge >= 0.3 is 5.69 Å². The molecule has 0 radical (unpaired) electrons. The van der Waals surface area contributed by atoms with Gasteiger partial charge in [0.15, 0.2) is 0 Å². The van der Waals surface area contributed by atoms with Crippen LogP contribution in [0.3, 0.4) is 0 Å². The van der Waals surface area contributed by atoms with E-state index < -0.39 is 11.2 Å². The summed E-state index contributed by atoms with van der Waals surface area (Å²) >= 11 is 0. The molecule has 0 aliphatic heterocycles. The van der Waals surface area contributed by atoms with Crippen LogP contribution in [0.4, 0.5) is 11.4 Å². The molecular weight excluding hydrogens is 344 g/mol. The SMILES string of the molecule is CCN(c1ccc(NC(=O)C=Cc2cn(C)c(=O)n(C)c2=O)cc1)C(C)C. The molecule has 27 heavy (non-hydrogen) atoms. The van der Waals surface area contributed by atoms with Gasteiger partial charge in [0.25, 0.3) is 5.56 Å². The zero-order chi connectivity index (χ0) is 20.1. The van der Waals surface area contributed by atoms with Crippen LogP contribution in [0.25, 0.3) is 6.08 Å². The minimum atomic E-state index is -0.445. The van der Waals surface area contributed by atoms with Gasteiger partial charge in [-0.3, -0.25) is 14.2 Å². The first-order valence-corrected chi connectivity index (χ1v) is 8.87. The highest BCUT2D eigenvalue weighted by Crippen LogP contribution is 2.19. The van der Waals surface area contributed by atoms with Crippen LogP contribution in [0, 0.1) is 0 Å². The largest absolute Gasteiger partial charge is 0.369 e. The van der Waals surface area contributed by atoms with E-state index in [4.69, 9.17) is 0 Å². The van der Waals surface area contributed by atoms with E-state index in [-0.39, 0.29) is 11.5 Å². The molecule has 0 unspecified atom stereocenters. The number of aromatic nitrogens is 2. The zero-order valence-corrected chi connectivity index (χ0v) is 16.4. The molecule has 1 N–H and O–H groups in total. The molecule has 0 aliphatic rings. The summed E-state index contributed by atoms with van der Waals surface area (Å²) in [6.07, 6.45) is 4.10. The number of hydrogen-bond donors (Lipinski definition) is 1. The van der Waals surface area contributed by atoms with Gasteiger partial charge in [0, 0.05) is 50.3 Å².